The van der Waals surface area contributed by atoms with Crippen LogP contribution in [0, 0.1) is 5.92 Å². The summed E-state index contributed by atoms with van der Waals surface area (Å²) in [6.07, 6.45) is 25.8. The minimum Gasteiger partial charge on any atom is -0.394 e. The molecule has 0 spiro atoms. The Hall–Kier alpha value is -0.890. The highest BCUT2D eigenvalue weighted by atomic mass is 16.7. The fourth-order valence-electron chi connectivity index (χ4n) is 8.44. The van der Waals surface area contributed by atoms with E-state index in [2.05, 4.69) is 26.1 Å². The predicted molar refractivity (Wildman–Crippen MR) is 238 cm³/mol. The molecule has 1 amide bonds. The average molecular weight is 846 g/mol. The quantitative estimate of drug-likeness (QED) is 0.0277. The molecule has 8 N–H and O–H groups in total. The molecule has 1 aliphatic rings. The minimum atomic E-state index is -1.66. The number of unbranched alkanes of at least 4 members (excludes halogenated alkanes) is 25. The van der Waals surface area contributed by atoms with E-state index in [0.717, 1.165) is 44.4 Å². The van der Waals surface area contributed by atoms with Gasteiger partial charge < -0.3 is 50.5 Å². The number of rotatable bonds is 41. The summed E-state index contributed by atoms with van der Waals surface area (Å²) in [6.45, 7) is 5.80. The molecular weight excluding hydrogens is 751 g/mol. The normalized spacial score (nSPS) is 22.2. The second-order valence-corrected chi connectivity index (χ2v) is 18.2. The van der Waals surface area contributed by atoms with Crippen LogP contribution in [-0.4, -0.2) is 110 Å². The Kier molecular flexibility index (Phi) is 35.8. The summed E-state index contributed by atoms with van der Waals surface area (Å²) in [7, 11) is 0. The zero-order valence-corrected chi connectivity index (χ0v) is 38.2. The third kappa shape index (κ3) is 27.7. The van der Waals surface area contributed by atoms with Crippen molar-refractivity contribution in [3.63, 3.8) is 0 Å². The molecular formula is C48H95NO10. The number of nitrogens with one attached hydrogen (secondary N) is 1. The maximum Gasteiger partial charge on any atom is 0.249 e. The molecule has 1 fully saturated rings. The van der Waals surface area contributed by atoms with Crippen LogP contribution >= 0.6 is 0 Å². The van der Waals surface area contributed by atoms with Gasteiger partial charge in [-0.2, -0.15) is 0 Å². The van der Waals surface area contributed by atoms with Crippen LogP contribution in [0.5, 0.6) is 0 Å². The van der Waals surface area contributed by atoms with Crippen molar-refractivity contribution in [3.05, 3.63) is 0 Å². The summed E-state index contributed by atoms with van der Waals surface area (Å²) in [4.78, 5) is 13.1. The van der Waals surface area contributed by atoms with E-state index >= 15 is 0 Å². The minimum absolute atomic E-state index is 0.265. The first-order valence-electron chi connectivity index (χ1n) is 24.8. The molecule has 0 radical (unpaired) electrons. The fourth-order valence-corrected chi connectivity index (χ4v) is 8.44. The third-order valence-corrected chi connectivity index (χ3v) is 12.5. The lowest BCUT2D eigenvalue weighted by molar-refractivity contribution is -0.303. The second-order valence-electron chi connectivity index (χ2n) is 18.2. The van der Waals surface area contributed by atoms with Gasteiger partial charge in [-0.15, -0.1) is 0 Å². The van der Waals surface area contributed by atoms with E-state index in [1.165, 1.54) is 141 Å². The highest BCUT2D eigenvalue weighted by Crippen LogP contribution is 2.23. The van der Waals surface area contributed by atoms with Crippen LogP contribution < -0.4 is 5.32 Å². The zero-order valence-electron chi connectivity index (χ0n) is 38.2. The van der Waals surface area contributed by atoms with Gasteiger partial charge >= 0.3 is 0 Å². The lowest BCUT2D eigenvalue weighted by atomic mass is 9.97. The van der Waals surface area contributed by atoms with E-state index < -0.39 is 74.2 Å². The molecule has 59 heavy (non-hydrogen) atoms. The van der Waals surface area contributed by atoms with Gasteiger partial charge in [-0.05, 0) is 18.8 Å². The Morgan fingerprint density at radius 2 is 0.983 bits per heavy atom. The number of aliphatic hydroxyl groups is 7. The lowest BCUT2D eigenvalue weighted by Crippen LogP contribution is -2.60. The maximum atomic E-state index is 13.1. The van der Waals surface area contributed by atoms with Gasteiger partial charge in [0.15, 0.2) is 6.29 Å². The molecule has 1 unspecified atom stereocenters. The lowest BCUT2D eigenvalue weighted by Gasteiger charge is -2.40. The molecule has 10 atom stereocenters. The van der Waals surface area contributed by atoms with Crippen LogP contribution in [0.25, 0.3) is 0 Å². The first-order chi connectivity index (χ1) is 28.6. The van der Waals surface area contributed by atoms with Crippen molar-refractivity contribution >= 4 is 5.91 Å². The van der Waals surface area contributed by atoms with E-state index in [9.17, 15) is 40.5 Å². The molecule has 0 aliphatic carbocycles. The maximum absolute atomic E-state index is 13.1. The molecule has 0 aromatic heterocycles. The van der Waals surface area contributed by atoms with Gasteiger partial charge in [-0.1, -0.05) is 213 Å². The monoisotopic (exact) mass is 846 g/mol. The van der Waals surface area contributed by atoms with E-state index in [-0.39, 0.29) is 6.42 Å². The van der Waals surface area contributed by atoms with Gasteiger partial charge in [0.25, 0.3) is 0 Å². The fraction of sp³-hybridized carbons (Fsp3) is 0.979. The summed E-state index contributed by atoms with van der Waals surface area (Å²) >= 11 is 0. The standard InChI is InChI=1S/C48H95NO10/c1-4-6-7-8-9-10-11-12-13-14-15-16-17-18-19-20-25-28-31-35-41(52)47(57)49-39(37-58-48-46(56)45(55)44(54)42(36-50)59-48)43(53)40(51)34-30-27-24-22-21-23-26-29-33-38(3)32-5-2/h38-46,48,50-56H,4-37H2,1-3H3,(H,49,57)/t38?,39-,40+,41+,42+,43-,44-,45-,46+,48+/m0/s1. The Balaban J connectivity index is 2.40. The van der Waals surface area contributed by atoms with Crippen LogP contribution in [-0.2, 0) is 14.3 Å². The molecule has 1 saturated heterocycles. The topological polar surface area (TPSA) is 189 Å². The van der Waals surface area contributed by atoms with Crippen molar-refractivity contribution in [1.82, 2.24) is 5.32 Å². The highest BCUT2D eigenvalue weighted by Gasteiger charge is 2.44. The molecule has 1 aliphatic heterocycles. The van der Waals surface area contributed by atoms with Crippen LogP contribution in [0.2, 0.25) is 0 Å². The van der Waals surface area contributed by atoms with Crippen molar-refractivity contribution in [3.8, 4) is 0 Å². The van der Waals surface area contributed by atoms with E-state index in [0.29, 0.717) is 19.3 Å². The van der Waals surface area contributed by atoms with E-state index in [1.807, 2.05) is 0 Å². The van der Waals surface area contributed by atoms with Gasteiger partial charge in [0.2, 0.25) is 5.91 Å². The smallest absolute Gasteiger partial charge is 0.249 e. The van der Waals surface area contributed by atoms with Crippen molar-refractivity contribution in [2.45, 2.75) is 281 Å². The molecule has 1 rings (SSSR count). The van der Waals surface area contributed by atoms with Crippen molar-refractivity contribution in [2.24, 2.45) is 5.92 Å². The van der Waals surface area contributed by atoms with Gasteiger partial charge in [0, 0.05) is 0 Å². The number of carbonyl (C=O) groups excluding carboxylic acids is 1. The van der Waals surface area contributed by atoms with Crippen molar-refractivity contribution in [2.75, 3.05) is 13.2 Å². The summed E-state index contributed by atoms with van der Waals surface area (Å²) in [5, 5.41) is 75.8. The summed E-state index contributed by atoms with van der Waals surface area (Å²) < 4.78 is 11.1. The molecule has 11 nitrogen and oxygen atoms in total. The average Bonchev–Trinajstić information content (AvgIpc) is 3.23. The Bertz CT molecular complexity index is 943. The van der Waals surface area contributed by atoms with Gasteiger partial charge in [-0.25, -0.2) is 0 Å². The Morgan fingerprint density at radius 3 is 1.42 bits per heavy atom. The third-order valence-electron chi connectivity index (χ3n) is 12.5. The van der Waals surface area contributed by atoms with Crippen molar-refractivity contribution < 1.29 is 50.0 Å². The summed E-state index contributed by atoms with van der Waals surface area (Å²) in [6, 6.07) is -1.16. The molecule has 352 valence electrons. The number of carbonyl (C=O) groups is 1. The van der Waals surface area contributed by atoms with E-state index in [4.69, 9.17) is 9.47 Å². The van der Waals surface area contributed by atoms with Crippen LogP contribution in [0.3, 0.4) is 0 Å². The van der Waals surface area contributed by atoms with Crippen LogP contribution in [0.15, 0.2) is 0 Å². The first kappa shape index (κ1) is 56.1. The van der Waals surface area contributed by atoms with E-state index in [1.54, 1.807) is 0 Å². The van der Waals surface area contributed by atoms with Gasteiger partial charge in [-0.3, -0.25) is 4.79 Å². The molecule has 1 heterocycles. The van der Waals surface area contributed by atoms with Gasteiger partial charge in [0.1, 0.15) is 36.6 Å². The number of amides is 1. The Morgan fingerprint density at radius 1 is 0.559 bits per heavy atom. The molecule has 0 bridgehead atoms. The largest absolute Gasteiger partial charge is 0.394 e. The van der Waals surface area contributed by atoms with Crippen LogP contribution in [0.4, 0.5) is 0 Å². The number of hydrogen-bond donors (Lipinski definition) is 8. The molecule has 0 aromatic carbocycles. The molecule has 0 saturated carbocycles. The molecule has 0 aromatic rings. The summed E-state index contributed by atoms with van der Waals surface area (Å²) in [5.74, 6) is 0.119. The van der Waals surface area contributed by atoms with Crippen LogP contribution in [0.1, 0.15) is 226 Å². The number of ether oxygens (including phenoxy) is 2. The highest BCUT2D eigenvalue weighted by molar-refractivity contribution is 5.80. The molecule has 11 heteroatoms. The Labute approximate surface area is 360 Å². The SMILES string of the molecule is CCCCCCCCCCCCCCCCCCCCC[C@@H](O)C(=O)N[C@@H](CO[C@@H]1O[C@H](CO)[C@H](O)[C@H](O)[C@H]1O)[C@H](O)[C@H](O)CCCCCCCCCCC(C)CCC. The second kappa shape index (κ2) is 37.6. The van der Waals surface area contributed by atoms with Gasteiger partial charge in [0.05, 0.1) is 25.4 Å². The number of hydrogen-bond acceptors (Lipinski definition) is 10. The van der Waals surface area contributed by atoms with Crippen molar-refractivity contribution in [1.29, 1.82) is 0 Å². The predicted octanol–water partition coefficient (Wildman–Crippen LogP) is 8.53. The number of aliphatic hydroxyl groups excluding tert-OH is 7. The zero-order chi connectivity index (χ0) is 43.5. The summed E-state index contributed by atoms with van der Waals surface area (Å²) in [5.41, 5.74) is 0. The first-order valence-corrected chi connectivity index (χ1v) is 24.8.